The van der Waals surface area contributed by atoms with E-state index < -0.39 is 4.92 Å². The average Bonchev–Trinajstić information content (AvgIpc) is 2.58. The lowest BCUT2D eigenvalue weighted by atomic mass is 10.0. The van der Waals surface area contributed by atoms with Gasteiger partial charge in [0.1, 0.15) is 6.33 Å². The van der Waals surface area contributed by atoms with Crippen LogP contribution in [0, 0.1) is 10.1 Å². The van der Waals surface area contributed by atoms with Crippen LogP contribution in [0.2, 0.25) is 0 Å². The maximum atomic E-state index is 12.2. The molecule has 2 rings (SSSR count). The van der Waals surface area contributed by atoms with Crippen LogP contribution in [0.4, 0.5) is 11.4 Å². The Balaban J connectivity index is 1.84. The van der Waals surface area contributed by atoms with Crippen molar-refractivity contribution in [1.29, 1.82) is 0 Å². The van der Waals surface area contributed by atoms with Gasteiger partial charge in [-0.2, -0.15) is 0 Å². The van der Waals surface area contributed by atoms with Gasteiger partial charge in [-0.15, -0.1) is 0 Å². The number of amides is 1. The number of aromatic nitrogens is 2. The molecule has 0 spiro atoms. The molecule has 8 heteroatoms. The van der Waals surface area contributed by atoms with Gasteiger partial charge in [0.15, 0.2) is 0 Å². The number of nitrogens with one attached hydrogen (secondary N) is 2. The van der Waals surface area contributed by atoms with Gasteiger partial charge < -0.3 is 10.6 Å². The van der Waals surface area contributed by atoms with Crippen LogP contribution >= 0.6 is 0 Å². The first-order valence-corrected chi connectivity index (χ1v) is 7.55. The van der Waals surface area contributed by atoms with E-state index in [-0.39, 0.29) is 17.5 Å². The third-order valence-corrected chi connectivity index (χ3v) is 3.35. The fraction of sp³-hybridized carbons (Fsp3) is 0.312. The van der Waals surface area contributed by atoms with E-state index in [0.29, 0.717) is 24.3 Å². The summed E-state index contributed by atoms with van der Waals surface area (Å²) in [5, 5.41) is 16.5. The second-order valence-corrected chi connectivity index (χ2v) is 5.46. The molecule has 0 aliphatic heterocycles. The Labute approximate surface area is 139 Å². The van der Waals surface area contributed by atoms with Crippen LogP contribution in [-0.2, 0) is 0 Å². The second kappa shape index (κ2) is 8.00. The molecule has 24 heavy (non-hydrogen) atoms. The van der Waals surface area contributed by atoms with Crippen molar-refractivity contribution < 1.29 is 9.72 Å². The van der Waals surface area contributed by atoms with E-state index in [0.717, 1.165) is 5.69 Å². The van der Waals surface area contributed by atoms with Crippen LogP contribution in [0.1, 0.15) is 35.8 Å². The Morgan fingerprint density at radius 2 is 1.96 bits per heavy atom. The van der Waals surface area contributed by atoms with Crippen LogP contribution in [0.15, 0.2) is 36.8 Å². The summed E-state index contributed by atoms with van der Waals surface area (Å²) in [5.41, 5.74) is 1.98. The van der Waals surface area contributed by atoms with Gasteiger partial charge in [-0.1, -0.05) is 13.8 Å². The molecule has 1 amide bonds. The normalized spacial score (nSPS) is 10.5. The van der Waals surface area contributed by atoms with E-state index in [9.17, 15) is 14.9 Å². The molecule has 1 heterocycles. The molecule has 0 atom stereocenters. The van der Waals surface area contributed by atoms with Gasteiger partial charge in [-0.05, 0) is 18.1 Å². The van der Waals surface area contributed by atoms with Gasteiger partial charge in [0.2, 0.25) is 0 Å². The minimum absolute atomic E-state index is 0.0409. The first-order chi connectivity index (χ1) is 11.5. The van der Waals surface area contributed by atoms with Crippen molar-refractivity contribution in [2.75, 3.05) is 18.4 Å². The molecule has 1 aromatic carbocycles. The molecule has 8 nitrogen and oxygen atoms in total. The van der Waals surface area contributed by atoms with Crippen LogP contribution in [0.5, 0.6) is 0 Å². The van der Waals surface area contributed by atoms with Gasteiger partial charge in [-0.25, -0.2) is 9.97 Å². The number of nitro groups is 1. The van der Waals surface area contributed by atoms with Crippen molar-refractivity contribution in [1.82, 2.24) is 15.3 Å². The molecular formula is C16H19N5O3. The molecule has 0 aliphatic rings. The van der Waals surface area contributed by atoms with Crippen molar-refractivity contribution in [2.45, 2.75) is 19.8 Å². The number of carbonyl (C=O) groups is 1. The van der Waals surface area contributed by atoms with Crippen molar-refractivity contribution >= 4 is 17.3 Å². The third kappa shape index (κ3) is 4.48. The Bertz CT molecular complexity index is 716. The highest BCUT2D eigenvalue weighted by Crippen LogP contribution is 2.16. The predicted octanol–water partition coefficient (Wildman–Crippen LogP) is 2.35. The van der Waals surface area contributed by atoms with E-state index in [1.165, 1.54) is 24.7 Å². The quantitative estimate of drug-likeness (QED) is 0.458. The highest BCUT2D eigenvalue weighted by Gasteiger charge is 2.14. The van der Waals surface area contributed by atoms with E-state index >= 15 is 0 Å². The van der Waals surface area contributed by atoms with Crippen LogP contribution in [0.3, 0.4) is 0 Å². The first-order valence-electron chi connectivity index (χ1n) is 7.55. The lowest BCUT2D eigenvalue weighted by Crippen LogP contribution is -2.30. The summed E-state index contributed by atoms with van der Waals surface area (Å²) < 4.78 is 0. The highest BCUT2D eigenvalue weighted by molar-refractivity contribution is 5.95. The van der Waals surface area contributed by atoms with Crippen LogP contribution in [-0.4, -0.2) is 33.9 Å². The molecule has 0 fully saturated rings. The summed E-state index contributed by atoms with van der Waals surface area (Å²) in [4.78, 5) is 30.4. The van der Waals surface area contributed by atoms with E-state index in [4.69, 9.17) is 0 Å². The highest BCUT2D eigenvalue weighted by atomic mass is 16.6. The van der Waals surface area contributed by atoms with Gasteiger partial charge in [0.05, 0.1) is 16.2 Å². The number of nitro benzene ring substituents is 1. The van der Waals surface area contributed by atoms with Crippen molar-refractivity contribution in [3.05, 3.63) is 58.2 Å². The number of hydrogen-bond donors (Lipinski definition) is 2. The molecular weight excluding hydrogens is 310 g/mol. The van der Waals surface area contributed by atoms with Crippen LogP contribution < -0.4 is 10.6 Å². The minimum atomic E-state index is -0.446. The van der Waals surface area contributed by atoms with E-state index in [2.05, 4.69) is 20.6 Å². The monoisotopic (exact) mass is 329 g/mol. The molecule has 0 saturated heterocycles. The fourth-order valence-electron chi connectivity index (χ4n) is 2.15. The number of hydrogen-bond acceptors (Lipinski definition) is 6. The molecule has 2 aromatic rings. The summed E-state index contributed by atoms with van der Waals surface area (Å²) in [5.74, 6) is -0.0863. The average molecular weight is 329 g/mol. The van der Waals surface area contributed by atoms with Gasteiger partial charge in [0.25, 0.3) is 11.6 Å². The molecule has 1 aromatic heterocycles. The summed E-state index contributed by atoms with van der Waals surface area (Å²) >= 11 is 0. The van der Waals surface area contributed by atoms with E-state index in [1.54, 1.807) is 12.1 Å². The number of non-ortho nitro benzene ring substituents is 1. The van der Waals surface area contributed by atoms with Gasteiger partial charge >= 0.3 is 0 Å². The number of rotatable bonds is 7. The zero-order valence-electron chi connectivity index (χ0n) is 13.5. The van der Waals surface area contributed by atoms with Crippen LogP contribution in [0.25, 0.3) is 0 Å². The topological polar surface area (TPSA) is 110 Å². The van der Waals surface area contributed by atoms with Gasteiger partial charge in [0, 0.05) is 37.1 Å². The Hall–Kier alpha value is -3.03. The number of benzene rings is 1. The maximum Gasteiger partial charge on any atom is 0.269 e. The summed E-state index contributed by atoms with van der Waals surface area (Å²) in [7, 11) is 0. The van der Waals surface area contributed by atoms with E-state index in [1.807, 2.05) is 13.8 Å². The second-order valence-electron chi connectivity index (χ2n) is 5.46. The summed E-state index contributed by atoms with van der Waals surface area (Å²) in [6, 6.07) is 6.11. The molecule has 0 aliphatic carbocycles. The number of carbonyl (C=O) groups excluding carboxylic acids is 1. The van der Waals surface area contributed by atoms with Crippen molar-refractivity contribution in [2.24, 2.45) is 0 Å². The zero-order chi connectivity index (χ0) is 17.5. The third-order valence-electron chi connectivity index (χ3n) is 3.35. The van der Waals surface area contributed by atoms with Crippen molar-refractivity contribution in [3.8, 4) is 0 Å². The smallest absolute Gasteiger partial charge is 0.269 e. The zero-order valence-corrected chi connectivity index (χ0v) is 13.5. The Morgan fingerprint density at radius 1 is 1.25 bits per heavy atom. The molecule has 0 saturated carbocycles. The SMILES string of the molecule is CC(C)c1ncncc1C(=O)NCCNc1ccc([N+](=O)[O-])cc1. The molecule has 0 bridgehead atoms. The number of anilines is 1. The van der Waals surface area contributed by atoms with Gasteiger partial charge in [-0.3, -0.25) is 14.9 Å². The predicted molar refractivity (Wildman–Crippen MR) is 90.0 cm³/mol. The summed E-state index contributed by atoms with van der Waals surface area (Å²) in [6.45, 7) is 4.83. The Kier molecular flexibility index (Phi) is 5.78. The lowest BCUT2D eigenvalue weighted by Gasteiger charge is -2.11. The molecule has 0 unspecified atom stereocenters. The van der Waals surface area contributed by atoms with Crippen molar-refractivity contribution in [3.63, 3.8) is 0 Å². The fourth-order valence-corrected chi connectivity index (χ4v) is 2.15. The number of nitrogens with zero attached hydrogens (tertiary/aromatic N) is 3. The Morgan fingerprint density at radius 3 is 2.58 bits per heavy atom. The molecule has 126 valence electrons. The minimum Gasteiger partial charge on any atom is -0.383 e. The first kappa shape index (κ1) is 17.3. The molecule has 0 radical (unpaired) electrons. The lowest BCUT2D eigenvalue weighted by molar-refractivity contribution is -0.384. The standard InChI is InChI=1S/C16H19N5O3/c1-11(2)15-14(9-17-10-20-15)16(22)19-8-7-18-12-3-5-13(6-4-12)21(23)24/h3-6,9-11,18H,7-8H2,1-2H3,(H,19,22). The maximum absolute atomic E-state index is 12.2. The summed E-state index contributed by atoms with van der Waals surface area (Å²) in [6.07, 6.45) is 2.95. The molecule has 2 N–H and O–H groups in total. The largest absolute Gasteiger partial charge is 0.383 e.